The summed E-state index contributed by atoms with van der Waals surface area (Å²) in [6, 6.07) is 3.82. The van der Waals surface area contributed by atoms with Crippen LogP contribution in [0.25, 0.3) is 23.0 Å². The number of carbonyl (C=O) groups excluding carboxylic acids is 3. The third-order valence-corrected chi connectivity index (χ3v) is 7.55. The van der Waals surface area contributed by atoms with Crippen LogP contribution in [0.5, 0.6) is 0 Å². The van der Waals surface area contributed by atoms with Crippen LogP contribution >= 0.6 is 11.3 Å². The monoisotopic (exact) mass is 506 g/mol. The number of urea groups is 1. The predicted molar refractivity (Wildman–Crippen MR) is 136 cm³/mol. The lowest BCUT2D eigenvalue weighted by molar-refractivity contribution is -0.115. The summed E-state index contributed by atoms with van der Waals surface area (Å²) < 4.78 is 1.70. The topological polar surface area (TPSA) is 133 Å². The molecule has 0 unspecified atom stereocenters. The van der Waals surface area contributed by atoms with Crippen molar-refractivity contribution in [1.29, 1.82) is 0 Å². The van der Waals surface area contributed by atoms with Gasteiger partial charge in [0.2, 0.25) is 0 Å². The number of hydrogen-bond donors (Lipinski definition) is 4. The molecule has 2 saturated heterocycles. The molecule has 0 radical (unpaired) electrons. The number of likely N-dealkylation sites (tertiary alicyclic amines) is 1. The van der Waals surface area contributed by atoms with Gasteiger partial charge >= 0.3 is 6.03 Å². The number of rotatable bonds is 6. The van der Waals surface area contributed by atoms with Gasteiger partial charge in [-0.05, 0) is 58.0 Å². The number of amides is 4. The average molecular weight is 507 g/mol. The molecule has 0 bridgehead atoms. The molecule has 3 aliphatic rings. The Kier molecular flexibility index (Phi) is 5.69. The number of thiophene rings is 1. The number of imide groups is 1. The summed E-state index contributed by atoms with van der Waals surface area (Å²) in [4.78, 5) is 44.2. The summed E-state index contributed by atoms with van der Waals surface area (Å²) >= 11 is 1.39. The minimum absolute atomic E-state index is 0.0593. The normalized spacial score (nSPS) is 20.1. The number of anilines is 1. The first-order valence-corrected chi connectivity index (χ1v) is 12.9. The third kappa shape index (κ3) is 4.56. The molecule has 0 aromatic carbocycles. The summed E-state index contributed by atoms with van der Waals surface area (Å²) in [5, 5.41) is 17.7. The number of nitrogens with one attached hydrogen (secondary N) is 4. The van der Waals surface area contributed by atoms with Crippen molar-refractivity contribution >= 4 is 46.7 Å². The van der Waals surface area contributed by atoms with E-state index in [1.807, 2.05) is 17.5 Å². The number of piperidine rings is 1. The highest BCUT2D eigenvalue weighted by Crippen LogP contribution is 2.31. The molecule has 3 aromatic heterocycles. The van der Waals surface area contributed by atoms with E-state index in [1.54, 1.807) is 16.8 Å². The summed E-state index contributed by atoms with van der Waals surface area (Å²) in [6.45, 7) is 1.97. The van der Waals surface area contributed by atoms with E-state index >= 15 is 0 Å². The quantitative estimate of drug-likeness (QED) is 0.297. The lowest BCUT2D eigenvalue weighted by Crippen LogP contribution is -2.43. The smallest absolute Gasteiger partial charge is 0.326 e. The van der Waals surface area contributed by atoms with Gasteiger partial charge in [-0.3, -0.25) is 14.9 Å². The first kappa shape index (κ1) is 22.7. The summed E-state index contributed by atoms with van der Waals surface area (Å²) in [5.41, 5.74) is 2.81. The van der Waals surface area contributed by atoms with Crippen LogP contribution in [0.3, 0.4) is 0 Å². The van der Waals surface area contributed by atoms with Crippen LogP contribution in [-0.4, -0.2) is 69.6 Å². The molecule has 4 amide bonds. The molecule has 186 valence electrons. The van der Waals surface area contributed by atoms with Crippen LogP contribution in [0.1, 0.15) is 40.9 Å². The highest BCUT2D eigenvalue weighted by Gasteiger charge is 2.26. The van der Waals surface area contributed by atoms with E-state index in [2.05, 4.69) is 38.3 Å². The first-order chi connectivity index (χ1) is 17.4. The van der Waals surface area contributed by atoms with Gasteiger partial charge in [0.25, 0.3) is 11.8 Å². The fourth-order valence-corrected chi connectivity index (χ4v) is 5.21. The molecule has 3 aromatic rings. The van der Waals surface area contributed by atoms with Gasteiger partial charge in [-0.2, -0.15) is 9.61 Å². The van der Waals surface area contributed by atoms with Gasteiger partial charge in [0.05, 0.1) is 16.8 Å². The van der Waals surface area contributed by atoms with Crippen molar-refractivity contribution in [2.24, 2.45) is 0 Å². The Bertz CT molecular complexity index is 1400. The van der Waals surface area contributed by atoms with E-state index in [1.165, 1.54) is 11.3 Å². The standard InChI is InChI=1S/C24H26N8O3S/c1-31-6-4-16(5-7-31)27-23(34)19-9-14(12-36-19)17-10-20(26-15-2-3-15)32-21(28-17)13(11-25-32)8-18-22(33)30-24(35)29-18/h8-12,15-16,26H,2-7H2,1H3,(H,27,34)(H2,29,30,33,35)/b18-8-. The molecule has 5 heterocycles. The van der Waals surface area contributed by atoms with Gasteiger partial charge in [-0.25, -0.2) is 9.78 Å². The van der Waals surface area contributed by atoms with E-state index in [0.717, 1.165) is 50.2 Å². The zero-order valence-corrected chi connectivity index (χ0v) is 20.5. The lowest BCUT2D eigenvalue weighted by atomic mass is 10.1. The first-order valence-electron chi connectivity index (χ1n) is 12.0. The maximum absolute atomic E-state index is 12.9. The van der Waals surface area contributed by atoms with Crippen LogP contribution < -0.4 is 21.3 Å². The maximum atomic E-state index is 12.9. The fraction of sp³-hybridized carbons (Fsp3) is 0.375. The largest absolute Gasteiger partial charge is 0.367 e. The Hall–Kier alpha value is -3.77. The molecule has 0 spiro atoms. The molecule has 2 aliphatic heterocycles. The van der Waals surface area contributed by atoms with Crippen molar-refractivity contribution in [2.45, 2.75) is 37.8 Å². The average Bonchev–Trinajstić information content (AvgIpc) is 3.24. The predicted octanol–water partition coefficient (Wildman–Crippen LogP) is 2.04. The summed E-state index contributed by atoms with van der Waals surface area (Å²) in [7, 11) is 2.10. The second-order valence-electron chi connectivity index (χ2n) is 9.50. The van der Waals surface area contributed by atoms with Crippen LogP contribution in [0.4, 0.5) is 10.6 Å². The summed E-state index contributed by atoms with van der Waals surface area (Å²) in [5.74, 6) is 0.228. The van der Waals surface area contributed by atoms with Crippen molar-refractivity contribution in [1.82, 2.24) is 35.4 Å². The number of fused-ring (bicyclic) bond motifs is 1. The highest BCUT2D eigenvalue weighted by molar-refractivity contribution is 7.12. The van der Waals surface area contributed by atoms with E-state index in [9.17, 15) is 14.4 Å². The van der Waals surface area contributed by atoms with E-state index in [4.69, 9.17) is 4.98 Å². The van der Waals surface area contributed by atoms with Crippen molar-refractivity contribution < 1.29 is 14.4 Å². The minimum Gasteiger partial charge on any atom is -0.367 e. The Balaban J connectivity index is 1.31. The summed E-state index contributed by atoms with van der Waals surface area (Å²) in [6.07, 6.45) is 7.25. The Labute approximate surface area is 211 Å². The van der Waals surface area contributed by atoms with Gasteiger partial charge in [-0.15, -0.1) is 11.3 Å². The van der Waals surface area contributed by atoms with Crippen LogP contribution in [-0.2, 0) is 4.79 Å². The van der Waals surface area contributed by atoms with Gasteiger partial charge in [0.1, 0.15) is 11.5 Å². The third-order valence-electron chi connectivity index (χ3n) is 6.62. The molecule has 12 heteroatoms. The van der Waals surface area contributed by atoms with Crippen molar-refractivity contribution in [3.8, 4) is 11.3 Å². The zero-order valence-electron chi connectivity index (χ0n) is 19.7. The molecule has 1 aliphatic carbocycles. The maximum Gasteiger partial charge on any atom is 0.326 e. The minimum atomic E-state index is -0.559. The number of aromatic nitrogens is 3. The van der Waals surface area contributed by atoms with Crippen molar-refractivity contribution in [3.05, 3.63) is 39.8 Å². The number of nitrogens with zero attached hydrogens (tertiary/aromatic N) is 4. The molecule has 6 rings (SSSR count). The van der Waals surface area contributed by atoms with Gasteiger partial charge in [0, 0.05) is 34.7 Å². The molecule has 36 heavy (non-hydrogen) atoms. The van der Waals surface area contributed by atoms with Crippen LogP contribution in [0.15, 0.2) is 29.4 Å². The van der Waals surface area contributed by atoms with Crippen molar-refractivity contribution in [2.75, 3.05) is 25.5 Å². The molecule has 1 saturated carbocycles. The molecule has 0 atom stereocenters. The van der Waals surface area contributed by atoms with Gasteiger partial charge in [-0.1, -0.05) is 0 Å². The van der Waals surface area contributed by atoms with E-state index in [-0.39, 0.29) is 17.6 Å². The Morgan fingerprint density at radius 3 is 2.67 bits per heavy atom. The molecule has 3 fully saturated rings. The molecular formula is C24H26N8O3S. The Morgan fingerprint density at radius 2 is 1.94 bits per heavy atom. The van der Waals surface area contributed by atoms with Crippen LogP contribution in [0.2, 0.25) is 0 Å². The SMILES string of the molecule is CN1CCC(NC(=O)c2cc(-c3cc(NC4CC4)n4ncc(/C=C5\NC(=O)NC5=O)c4n3)cs2)CC1. The van der Waals surface area contributed by atoms with Gasteiger partial charge in [0.15, 0.2) is 5.65 Å². The molecule has 4 N–H and O–H groups in total. The number of hydrogen-bond acceptors (Lipinski definition) is 8. The van der Waals surface area contributed by atoms with Gasteiger partial charge < -0.3 is 20.9 Å². The fourth-order valence-electron chi connectivity index (χ4n) is 4.41. The second kappa shape index (κ2) is 9.03. The number of carbonyl (C=O) groups is 3. The van der Waals surface area contributed by atoms with Crippen LogP contribution in [0, 0.1) is 0 Å². The lowest BCUT2D eigenvalue weighted by Gasteiger charge is -2.29. The van der Waals surface area contributed by atoms with E-state index < -0.39 is 11.9 Å². The highest BCUT2D eigenvalue weighted by atomic mass is 32.1. The molecular weight excluding hydrogens is 480 g/mol. The van der Waals surface area contributed by atoms with Crippen molar-refractivity contribution in [3.63, 3.8) is 0 Å². The molecule has 11 nitrogen and oxygen atoms in total. The Morgan fingerprint density at radius 1 is 1.14 bits per heavy atom. The zero-order chi connectivity index (χ0) is 24.8. The second-order valence-corrected chi connectivity index (χ2v) is 10.4. The van der Waals surface area contributed by atoms with E-state index in [0.29, 0.717) is 27.8 Å².